The highest BCUT2D eigenvalue weighted by molar-refractivity contribution is 7.99. The molecule has 0 fully saturated rings. The first kappa shape index (κ1) is 11.9. The molecule has 0 radical (unpaired) electrons. The van der Waals surface area contributed by atoms with Crippen molar-refractivity contribution in [3.8, 4) is 0 Å². The van der Waals surface area contributed by atoms with Crippen LogP contribution >= 0.6 is 24.4 Å². The van der Waals surface area contributed by atoms with E-state index in [9.17, 15) is 4.39 Å². The Bertz CT molecular complexity index is 272. The van der Waals surface area contributed by atoms with Crippen LogP contribution in [-0.2, 0) is 0 Å². The third-order valence-corrected chi connectivity index (χ3v) is 3.86. The van der Waals surface area contributed by atoms with Crippen LogP contribution in [0.3, 0.4) is 0 Å². The van der Waals surface area contributed by atoms with Gasteiger partial charge in [-0.25, -0.2) is 4.39 Å². The molecule has 14 heavy (non-hydrogen) atoms. The Balaban J connectivity index is 2.44. The SMILES string of the molecule is CCC(CS)CSc1cccc(F)c1. The molecule has 0 amide bonds. The third-order valence-electron chi connectivity index (χ3n) is 2.12. The molecule has 0 heterocycles. The molecule has 78 valence electrons. The molecule has 0 bridgehead atoms. The number of hydrogen-bond donors (Lipinski definition) is 1. The Morgan fingerprint density at radius 3 is 2.86 bits per heavy atom. The molecule has 1 unspecified atom stereocenters. The number of thioether (sulfide) groups is 1. The molecule has 1 aromatic rings. The van der Waals surface area contributed by atoms with Crippen LogP contribution in [0.15, 0.2) is 29.2 Å². The minimum atomic E-state index is -0.158. The maximum absolute atomic E-state index is 12.8. The van der Waals surface area contributed by atoms with E-state index in [1.807, 2.05) is 6.07 Å². The molecule has 1 rings (SSSR count). The summed E-state index contributed by atoms with van der Waals surface area (Å²) in [4.78, 5) is 1.00. The molecule has 0 spiro atoms. The molecule has 0 N–H and O–H groups in total. The largest absolute Gasteiger partial charge is 0.207 e. The number of rotatable bonds is 5. The lowest BCUT2D eigenvalue weighted by Gasteiger charge is -2.10. The highest BCUT2D eigenvalue weighted by Crippen LogP contribution is 2.23. The molecule has 3 heteroatoms. The van der Waals surface area contributed by atoms with Crippen LogP contribution < -0.4 is 0 Å². The van der Waals surface area contributed by atoms with Gasteiger partial charge in [-0.1, -0.05) is 19.4 Å². The van der Waals surface area contributed by atoms with Crippen molar-refractivity contribution in [2.24, 2.45) is 5.92 Å². The lowest BCUT2D eigenvalue weighted by Crippen LogP contribution is -2.03. The number of benzene rings is 1. The average molecular weight is 230 g/mol. The summed E-state index contributed by atoms with van der Waals surface area (Å²) in [6.07, 6.45) is 1.13. The third kappa shape index (κ3) is 3.93. The Kier molecular flexibility index (Phi) is 5.41. The van der Waals surface area contributed by atoms with E-state index in [2.05, 4.69) is 19.6 Å². The molecule has 0 nitrogen and oxygen atoms in total. The Morgan fingerprint density at radius 2 is 2.29 bits per heavy atom. The summed E-state index contributed by atoms with van der Waals surface area (Å²) in [6, 6.07) is 6.74. The molecule has 0 saturated heterocycles. The van der Waals surface area contributed by atoms with E-state index in [-0.39, 0.29) is 5.82 Å². The van der Waals surface area contributed by atoms with Crippen LogP contribution in [0, 0.1) is 11.7 Å². The first-order valence-corrected chi connectivity index (χ1v) is 6.37. The lowest BCUT2D eigenvalue weighted by molar-refractivity contribution is 0.623. The Morgan fingerprint density at radius 1 is 1.50 bits per heavy atom. The normalized spacial score (nSPS) is 12.8. The summed E-state index contributed by atoms with van der Waals surface area (Å²) in [6.45, 7) is 2.16. The second-order valence-corrected chi connectivity index (χ2v) is 4.68. The van der Waals surface area contributed by atoms with Crippen molar-refractivity contribution >= 4 is 24.4 Å². The van der Waals surface area contributed by atoms with Gasteiger partial charge in [0, 0.05) is 10.6 Å². The van der Waals surface area contributed by atoms with Gasteiger partial charge in [0.05, 0.1) is 0 Å². The van der Waals surface area contributed by atoms with Gasteiger partial charge in [-0.15, -0.1) is 11.8 Å². The van der Waals surface area contributed by atoms with Gasteiger partial charge in [-0.2, -0.15) is 12.6 Å². The number of halogens is 1. The molecular formula is C11H15FS2. The van der Waals surface area contributed by atoms with Gasteiger partial charge in [-0.3, -0.25) is 0 Å². The fourth-order valence-electron chi connectivity index (χ4n) is 1.07. The zero-order chi connectivity index (χ0) is 10.4. The van der Waals surface area contributed by atoms with Crippen molar-refractivity contribution in [3.05, 3.63) is 30.1 Å². The molecule has 0 aromatic heterocycles. The second kappa shape index (κ2) is 6.36. The van der Waals surface area contributed by atoms with Crippen molar-refractivity contribution < 1.29 is 4.39 Å². The number of thiol groups is 1. The van der Waals surface area contributed by atoms with Crippen molar-refractivity contribution in [1.82, 2.24) is 0 Å². The summed E-state index contributed by atoms with van der Waals surface area (Å²) in [7, 11) is 0. The molecule has 1 aromatic carbocycles. The van der Waals surface area contributed by atoms with E-state index >= 15 is 0 Å². The predicted molar refractivity (Wildman–Crippen MR) is 64.8 cm³/mol. The van der Waals surface area contributed by atoms with Crippen molar-refractivity contribution in [3.63, 3.8) is 0 Å². The fourth-order valence-corrected chi connectivity index (χ4v) is 2.78. The van der Waals surface area contributed by atoms with Crippen molar-refractivity contribution in [2.75, 3.05) is 11.5 Å². The summed E-state index contributed by atoms with van der Waals surface area (Å²) in [5, 5.41) is 0. The quantitative estimate of drug-likeness (QED) is 0.592. The standard InChI is InChI=1S/C11H15FS2/c1-2-9(7-13)8-14-11-5-3-4-10(12)6-11/h3-6,9,13H,2,7-8H2,1H3. The van der Waals surface area contributed by atoms with Gasteiger partial charge in [0.1, 0.15) is 5.82 Å². The molecule has 0 aliphatic heterocycles. The minimum Gasteiger partial charge on any atom is -0.207 e. The van der Waals surface area contributed by atoms with Gasteiger partial charge in [0.25, 0.3) is 0 Å². The molecule has 1 atom stereocenters. The van der Waals surface area contributed by atoms with Crippen LogP contribution in [0.25, 0.3) is 0 Å². The van der Waals surface area contributed by atoms with E-state index < -0.39 is 0 Å². The van der Waals surface area contributed by atoms with E-state index in [1.54, 1.807) is 23.9 Å². The maximum atomic E-state index is 12.8. The zero-order valence-electron chi connectivity index (χ0n) is 8.24. The molecule has 0 saturated carbocycles. The van der Waals surface area contributed by atoms with E-state index in [1.165, 1.54) is 6.07 Å². The first-order valence-electron chi connectivity index (χ1n) is 4.75. The highest BCUT2D eigenvalue weighted by atomic mass is 32.2. The highest BCUT2D eigenvalue weighted by Gasteiger charge is 2.04. The summed E-state index contributed by atoms with van der Waals surface area (Å²) < 4.78 is 12.8. The summed E-state index contributed by atoms with van der Waals surface area (Å²) in [5.74, 6) is 2.38. The maximum Gasteiger partial charge on any atom is 0.124 e. The van der Waals surface area contributed by atoms with Gasteiger partial charge in [-0.05, 0) is 29.9 Å². The monoisotopic (exact) mass is 230 g/mol. The van der Waals surface area contributed by atoms with Gasteiger partial charge in [0.15, 0.2) is 0 Å². The fraction of sp³-hybridized carbons (Fsp3) is 0.455. The minimum absolute atomic E-state index is 0.158. The van der Waals surface area contributed by atoms with Crippen LogP contribution in [-0.4, -0.2) is 11.5 Å². The van der Waals surface area contributed by atoms with Gasteiger partial charge in [0.2, 0.25) is 0 Å². The molecule has 0 aliphatic rings. The summed E-state index contributed by atoms with van der Waals surface area (Å²) >= 11 is 5.98. The first-order chi connectivity index (χ1) is 6.76. The average Bonchev–Trinajstić information content (AvgIpc) is 2.19. The smallest absolute Gasteiger partial charge is 0.124 e. The van der Waals surface area contributed by atoms with E-state index in [0.717, 1.165) is 22.8 Å². The molecular weight excluding hydrogens is 215 g/mol. The Labute approximate surface area is 94.7 Å². The van der Waals surface area contributed by atoms with E-state index in [4.69, 9.17) is 0 Å². The van der Waals surface area contributed by atoms with E-state index in [0.29, 0.717) is 5.92 Å². The van der Waals surface area contributed by atoms with Crippen LogP contribution in [0.2, 0.25) is 0 Å². The van der Waals surface area contributed by atoms with Crippen LogP contribution in [0.1, 0.15) is 13.3 Å². The van der Waals surface area contributed by atoms with Gasteiger partial charge < -0.3 is 0 Å². The zero-order valence-corrected chi connectivity index (χ0v) is 9.95. The van der Waals surface area contributed by atoms with Crippen molar-refractivity contribution in [1.29, 1.82) is 0 Å². The van der Waals surface area contributed by atoms with Crippen molar-refractivity contribution in [2.45, 2.75) is 18.2 Å². The predicted octanol–water partition coefficient (Wildman–Crippen LogP) is 3.87. The second-order valence-electron chi connectivity index (χ2n) is 3.23. The van der Waals surface area contributed by atoms with Crippen LogP contribution in [0.4, 0.5) is 4.39 Å². The molecule has 0 aliphatic carbocycles. The topological polar surface area (TPSA) is 0 Å². The van der Waals surface area contributed by atoms with Crippen LogP contribution in [0.5, 0.6) is 0 Å². The number of hydrogen-bond acceptors (Lipinski definition) is 2. The summed E-state index contributed by atoms with van der Waals surface area (Å²) in [5.41, 5.74) is 0. The lowest BCUT2D eigenvalue weighted by atomic mass is 10.2. The Hall–Kier alpha value is -0.150. The van der Waals surface area contributed by atoms with Gasteiger partial charge >= 0.3 is 0 Å².